The van der Waals surface area contributed by atoms with Crippen molar-refractivity contribution in [1.82, 2.24) is 10.6 Å². The van der Waals surface area contributed by atoms with Gasteiger partial charge in [0.15, 0.2) is 6.61 Å². The van der Waals surface area contributed by atoms with E-state index in [1.807, 2.05) is 0 Å². The lowest BCUT2D eigenvalue weighted by Gasteiger charge is -2.21. The largest absolute Gasteiger partial charge is 0.497 e. The lowest BCUT2D eigenvalue weighted by atomic mass is 10.0. The van der Waals surface area contributed by atoms with Crippen LogP contribution < -0.4 is 20.1 Å². The molecule has 9 nitrogen and oxygen atoms in total. The Balaban J connectivity index is 1.98. The summed E-state index contributed by atoms with van der Waals surface area (Å²) in [4.78, 5) is 49.3. The number of methoxy groups -OCH3 is 2. The Morgan fingerprint density at radius 1 is 1.00 bits per heavy atom. The van der Waals surface area contributed by atoms with Crippen LogP contribution in [0.4, 0.5) is 0 Å². The van der Waals surface area contributed by atoms with Crippen molar-refractivity contribution >= 4 is 35.0 Å². The van der Waals surface area contributed by atoms with E-state index in [1.165, 1.54) is 37.7 Å². The number of hydrogen-bond donors (Lipinski definition) is 2. The smallest absolute Gasteiger partial charge is 0.329 e. The molecule has 0 bridgehead atoms. The normalized spacial score (nSPS) is 11.4. The van der Waals surface area contributed by atoms with Crippen molar-refractivity contribution in [2.45, 2.75) is 19.9 Å². The van der Waals surface area contributed by atoms with Gasteiger partial charge in [0.2, 0.25) is 0 Å². The molecule has 0 spiro atoms. The van der Waals surface area contributed by atoms with E-state index in [0.717, 1.165) is 0 Å². The van der Waals surface area contributed by atoms with Crippen molar-refractivity contribution < 1.29 is 33.4 Å². The second kappa shape index (κ2) is 11.1. The van der Waals surface area contributed by atoms with Crippen LogP contribution in [-0.2, 0) is 14.3 Å². The van der Waals surface area contributed by atoms with Crippen molar-refractivity contribution in [2.24, 2.45) is 5.92 Å². The van der Waals surface area contributed by atoms with Gasteiger partial charge in [-0.2, -0.15) is 0 Å². The van der Waals surface area contributed by atoms with Crippen LogP contribution in [0.3, 0.4) is 0 Å². The van der Waals surface area contributed by atoms with Gasteiger partial charge in [-0.05, 0) is 29.5 Å². The van der Waals surface area contributed by atoms with E-state index >= 15 is 0 Å². The standard InChI is InChI=1S/C21H24N2O7S/c1-12(2)18(23-19(25)13-8-14(28-3)10-15(9-13)29-4)21(27)30-11-17(24)22-20(26)16-6-5-7-31-16/h5-10,12,18H,11H2,1-4H3,(H,23,25)(H,22,24,26). The van der Waals surface area contributed by atoms with E-state index in [9.17, 15) is 19.2 Å². The molecule has 1 heterocycles. The molecule has 166 valence electrons. The molecule has 3 amide bonds. The lowest BCUT2D eigenvalue weighted by Crippen LogP contribution is -2.46. The molecule has 31 heavy (non-hydrogen) atoms. The molecular formula is C21H24N2O7S. The molecule has 1 aromatic heterocycles. The van der Waals surface area contributed by atoms with Crippen molar-refractivity contribution in [1.29, 1.82) is 0 Å². The molecule has 2 aromatic rings. The molecule has 0 saturated heterocycles. The summed E-state index contributed by atoms with van der Waals surface area (Å²) in [5.74, 6) is -2.16. The van der Waals surface area contributed by atoms with Gasteiger partial charge in [-0.3, -0.25) is 19.7 Å². The highest BCUT2D eigenvalue weighted by atomic mass is 32.1. The number of nitrogens with one attached hydrogen (secondary N) is 2. The zero-order valence-electron chi connectivity index (χ0n) is 17.6. The zero-order chi connectivity index (χ0) is 23.0. The van der Waals surface area contributed by atoms with Gasteiger partial charge in [0.1, 0.15) is 17.5 Å². The number of imide groups is 1. The van der Waals surface area contributed by atoms with E-state index < -0.39 is 36.3 Å². The lowest BCUT2D eigenvalue weighted by molar-refractivity contribution is -0.151. The Bertz CT molecular complexity index is 919. The van der Waals surface area contributed by atoms with Gasteiger partial charge in [0, 0.05) is 11.6 Å². The van der Waals surface area contributed by atoms with Gasteiger partial charge in [-0.25, -0.2) is 4.79 Å². The number of carbonyl (C=O) groups excluding carboxylic acids is 4. The van der Waals surface area contributed by atoms with Crippen LogP contribution in [0.15, 0.2) is 35.7 Å². The number of benzene rings is 1. The minimum absolute atomic E-state index is 0.230. The number of rotatable bonds is 9. The first-order chi connectivity index (χ1) is 14.7. The van der Waals surface area contributed by atoms with Crippen molar-refractivity contribution in [3.05, 3.63) is 46.2 Å². The van der Waals surface area contributed by atoms with Crippen LogP contribution in [-0.4, -0.2) is 50.6 Å². The highest BCUT2D eigenvalue weighted by Gasteiger charge is 2.27. The molecule has 10 heteroatoms. The molecule has 0 saturated carbocycles. The third-order valence-corrected chi connectivity index (χ3v) is 5.03. The van der Waals surface area contributed by atoms with E-state index in [4.69, 9.17) is 14.2 Å². The SMILES string of the molecule is COc1cc(OC)cc(C(=O)NC(C(=O)OCC(=O)NC(=O)c2cccs2)C(C)C)c1. The maximum absolute atomic E-state index is 12.7. The number of carbonyl (C=O) groups is 4. The predicted molar refractivity (Wildman–Crippen MR) is 113 cm³/mol. The Kier molecular flexibility index (Phi) is 8.56. The van der Waals surface area contributed by atoms with Gasteiger partial charge in [0.25, 0.3) is 17.7 Å². The summed E-state index contributed by atoms with van der Waals surface area (Å²) in [7, 11) is 2.91. The predicted octanol–water partition coefficient (Wildman–Crippen LogP) is 2.02. The maximum Gasteiger partial charge on any atom is 0.329 e. The molecule has 2 N–H and O–H groups in total. The summed E-state index contributed by atoms with van der Waals surface area (Å²) >= 11 is 1.18. The molecule has 2 rings (SSSR count). The summed E-state index contributed by atoms with van der Waals surface area (Å²) < 4.78 is 15.3. The highest BCUT2D eigenvalue weighted by molar-refractivity contribution is 7.12. The number of hydrogen-bond acceptors (Lipinski definition) is 8. The monoisotopic (exact) mass is 448 g/mol. The Morgan fingerprint density at radius 2 is 1.65 bits per heavy atom. The third-order valence-electron chi connectivity index (χ3n) is 4.16. The molecule has 1 aromatic carbocycles. The van der Waals surface area contributed by atoms with Crippen molar-refractivity contribution in [2.75, 3.05) is 20.8 Å². The van der Waals surface area contributed by atoms with Gasteiger partial charge >= 0.3 is 5.97 Å². The van der Waals surface area contributed by atoms with Gasteiger partial charge in [0.05, 0.1) is 19.1 Å². The second-order valence-electron chi connectivity index (χ2n) is 6.76. The Morgan fingerprint density at radius 3 is 2.16 bits per heavy atom. The first-order valence-electron chi connectivity index (χ1n) is 9.33. The van der Waals surface area contributed by atoms with Gasteiger partial charge < -0.3 is 19.5 Å². The van der Waals surface area contributed by atoms with Crippen LogP contribution in [0.5, 0.6) is 11.5 Å². The van der Waals surface area contributed by atoms with E-state index in [1.54, 1.807) is 37.4 Å². The van der Waals surface area contributed by atoms with E-state index in [-0.39, 0.29) is 11.5 Å². The molecular weight excluding hydrogens is 424 g/mol. The maximum atomic E-state index is 12.7. The summed E-state index contributed by atoms with van der Waals surface area (Å²) in [6.07, 6.45) is 0. The van der Waals surface area contributed by atoms with Crippen LogP contribution >= 0.6 is 11.3 Å². The third kappa shape index (κ3) is 6.82. The molecule has 0 radical (unpaired) electrons. The number of amides is 3. The van der Waals surface area contributed by atoms with Gasteiger partial charge in [-0.15, -0.1) is 11.3 Å². The van der Waals surface area contributed by atoms with Crippen LogP contribution in [0.2, 0.25) is 0 Å². The molecule has 0 aliphatic heterocycles. The fourth-order valence-corrected chi connectivity index (χ4v) is 3.14. The average molecular weight is 448 g/mol. The first-order valence-corrected chi connectivity index (χ1v) is 10.2. The zero-order valence-corrected chi connectivity index (χ0v) is 18.4. The quantitative estimate of drug-likeness (QED) is 0.563. The highest BCUT2D eigenvalue weighted by Crippen LogP contribution is 2.22. The number of ether oxygens (including phenoxy) is 3. The number of thiophene rings is 1. The fraction of sp³-hybridized carbons (Fsp3) is 0.333. The molecule has 1 unspecified atom stereocenters. The average Bonchev–Trinajstić information content (AvgIpc) is 3.30. The van der Waals surface area contributed by atoms with E-state index in [2.05, 4.69) is 10.6 Å². The molecule has 0 aliphatic carbocycles. The summed E-state index contributed by atoms with van der Waals surface area (Å²) in [5, 5.41) is 6.44. The number of esters is 1. The van der Waals surface area contributed by atoms with Crippen molar-refractivity contribution in [3.63, 3.8) is 0 Å². The topological polar surface area (TPSA) is 120 Å². The minimum Gasteiger partial charge on any atom is -0.497 e. The minimum atomic E-state index is -1.01. The van der Waals surface area contributed by atoms with E-state index in [0.29, 0.717) is 16.4 Å². The molecule has 0 fully saturated rings. The Hall–Kier alpha value is -3.40. The summed E-state index contributed by atoms with van der Waals surface area (Å²) in [6.45, 7) is 2.79. The molecule has 0 aliphatic rings. The van der Waals surface area contributed by atoms with Gasteiger partial charge in [-0.1, -0.05) is 19.9 Å². The summed E-state index contributed by atoms with van der Waals surface area (Å²) in [6, 6.07) is 6.86. The van der Waals surface area contributed by atoms with Crippen LogP contribution in [0, 0.1) is 5.92 Å². The fourth-order valence-electron chi connectivity index (χ4n) is 2.52. The Labute approximate surface area is 183 Å². The van der Waals surface area contributed by atoms with Crippen molar-refractivity contribution in [3.8, 4) is 11.5 Å². The first kappa shape index (κ1) is 23.9. The van der Waals surface area contributed by atoms with Crippen LogP contribution in [0.1, 0.15) is 33.9 Å². The molecule has 1 atom stereocenters. The summed E-state index contributed by atoms with van der Waals surface area (Å²) in [5.41, 5.74) is 0.230. The van der Waals surface area contributed by atoms with Crippen LogP contribution in [0.25, 0.3) is 0 Å². The second-order valence-corrected chi connectivity index (χ2v) is 7.71.